The van der Waals surface area contributed by atoms with E-state index in [0.29, 0.717) is 18.0 Å². The second-order valence-corrected chi connectivity index (χ2v) is 7.81. The van der Waals surface area contributed by atoms with Crippen LogP contribution in [0, 0.1) is 23.2 Å². The first kappa shape index (κ1) is 13.4. The minimum absolute atomic E-state index is 0.188. The second-order valence-electron chi connectivity index (χ2n) is 7.81. The van der Waals surface area contributed by atoms with Crippen molar-refractivity contribution in [1.29, 1.82) is 0 Å². The molecule has 4 aliphatic carbocycles. The van der Waals surface area contributed by atoms with Crippen molar-refractivity contribution in [2.45, 2.75) is 51.5 Å². The van der Waals surface area contributed by atoms with Gasteiger partial charge in [0.2, 0.25) is 5.91 Å². The van der Waals surface area contributed by atoms with Crippen LogP contribution in [0.5, 0.6) is 0 Å². The molecule has 3 nitrogen and oxygen atoms in total. The third-order valence-electron chi connectivity index (χ3n) is 5.84. The highest BCUT2D eigenvalue weighted by molar-refractivity contribution is 5.78. The van der Waals surface area contributed by atoms with Crippen molar-refractivity contribution in [2.75, 3.05) is 20.6 Å². The third kappa shape index (κ3) is 2.54. The second kappa shape index (κ2) is 4.76. The molecule has 0 aromatic rings. The summed E-state index contributed by atoms with van der Waals surface area (Å²) in [5.41, 5.74) is 0.427. The van der Waals surface area contributed by atoms with Crippen LogP contribution in [0.4, 0.5) is 0 Å². The highest BCUT2D eigenvalue weighted by Gasteiger charge is 2.53. The summed E-state index contributed by atoms with van der Waals surface area (Å²) in [4.78, 5) is 14.0. The smallest absolute Gasteiger partial charge is 0.234 e. The Hall–Kier alpha value is -0.570. The molecule has 4 aliphatic rings. The molecule has 4 bridgehead atoms. The van der Waals surface area contributed by atoms with Gasteiger partial charge in [0.25, 0.3) is 0 Å². The van der Waals surface area contributed by atoms with E-state index in [1.807, 2.05) is 19.0 Å². The fourth-order valence-electron chi connectivity index (χ4n) is 5.44. The summed E-state index contributed by atoms with van der Waals surface area (Å²) in [5, 5.41) is 3.29. The van der Waals surface area contributed by atoms with Crippen LogP contribution in [0.3, 0.4) is 0 Å². The van der Waals surface area contributed by atoms with E-state index in [9.17, 15) is 4.79 Å². The van der Waals surface area contributed by atoms with Crippen LogP contribution < -0.4 is 5.32 Å². The van der Waals surface area contributed by atoms with E-state index in [1.165, 1.54) is 38.5 Å². The average Bonchev–Trinajstić information content (AvgIpc) is 2.25. The molecule has 4 fully saturated rings. The first-order valence-corrected chi connectivity index (χ1v) is 7.91. The van der Waals surface area contributed by atoms with Crippen molar-refractivity contribution in [1.82, 2.24) is 10.2 Å². The molecule has 4 rings (SSSR count). The minimum atomic E-state index is 0.188. The SMILES string of the molecule is C[C@H](NC(=O)CN(C)C)C12CC3CC(CC(C3)C1)C2. The van der Waals surface area contributed by atoms with Crippen LogP contribution in [0.2, 0.25) is 0 Å². The number of amides is 1. The number of carbonyl (C=O) groups excluding carboxylic acids is 1. The van der Waals surface area contributed by atoms with Crippen molar-refractivity contribution in [3.05, 3.63) is 0 Å². The number of nitrogens with one attached hydrogen (secondary N) is 1. The maximum atomic E-state index is 12.0. The molecule has 1 N–H and O–H groups in total. The molecule has 3 heteroatoms. The predicted molar refractivity (Wildman–Crippen MR) is 76.8 cm³/mol. The van der Waals surface area contributed by atoms with Crippen LogP contribution in [0.15, 0.2) is 0 Å². The molecule has 0 aliphatic heterocycles. The standard InChI is InChI=1S/C16H28N2O/c1-11(17-15(19)10-18(2)3)16-7-12-4-13(8-16)6-14(5-12)9-16/h11-14H,4-10H2,1-3H3,(H,17,19)/t11-,12?,13?,14?,16?/m0/s1. The van der Waals surface area contributed by atoms with Gasteiger partial charge < -0.3 is 10.2 Å². The molecular weight excluding hydrogens is 236 g/mol. The quantitative estimate of drug-likeness (QED) is 0.845. The van der Waals surface area contributed by atoms with Gasteiger partial charge in [-0.05, 0) is 82.7 Å². The van der Waals surface area contributed by atoms with Gasteiger partial charge in [0.15, 0.2) is 0 Å². The lowest BCUT2D eigenvalue weighted by Crippen LogP contribution is -2.56. The Morgan fingerprint density at radius 2 is 1.63 bits per heavy atom. The van der Waals surface area contributed by atoms with Crippen LogP contribution >= 0.6 is 0 Å². The maximum absolute atomic E-state index is 12.0. The van der Waals surface area contributed by atoms with Crippen molar-refractivity contribution in [2.24, 2.45) is 23.2 Å². The number of nitrogens with zero attached hydrogens (tertiary/aromatic N) is 1. The number of hydrogen-bond donors (Lipinski definition) is 1. The Morgan fingerprint density at radius 1 is 1.16 bits per heavy atom. The number of likely N-dealkylation sites (N-methyl/N-ethyl adjacent to an activating group) is 1. The normalized spacial score (nSPS) is 41.6. The first-order chi connectivity index (χ1) is 8.97. The van der Waals surface area contributed by atoms with Crippen LogP contribution in [0.1, 0.15) is 45.4 Å². The van der Waals surface area contributed by atoms with Crippen LogP contribution in [-0.4, -0.2) is 37.5 Å². The van der Waals surface area contributed by atoms with E-state index in [1.54, 1.807) is 0 Å². The number of carbonyl (C=O) groups is 1. The van der Waals surface area contributed by atoms with Gasteiger partial charge in [-0.3, -0.25) is 4.79 Å². The molecule has 1 atom stereocenters. The fourth-order valence-corrected chi connectivity index (χ4v) is 5.44. The van der Waals surface area contributed by atoms with Crippen LogP contribution in [-0.2, 0) is 4.79 Å². The molecular formula is C16H28N2O. The fraction of sp³-hybridized carbons (Fsp3) is 0.938. The zero-order valence-corrected chi connectivity index (χ0v) is 12.6. The molecule has 1 amide bonds. The van der Waals surface area contributed by atoms with Gasteiger partial charge in [0, 0.05) is 6.04 Å². The summed E-state index contributed by atoms with van der Waals surface area (Å²) in [6, 6.07) is 0.355. The highest BCUT2D eigenvalue weighted by atomic mass is 16.2. The van der Waals surface area contributed by atoms with E-state index < -0.39 is 0 Å². The molecule has 0 radical (unpaired) electrons. The van der Waals surface area contributed by atoms with E-state index in [0.717, 1.165) is 17.8 Å². The maximum Gasteiger partial charge on any atom is 0.234 e. The Kier molecular flexibility index (Phi) is 3.36. The molecule has 108 valence electrons. The summed E-state index contributed by atoms with van der Waals surface area (Å²) >= 11 is 0. The van der Waals surface area contributed by atoms with E-state index in [4.69, 9.17) is 0 Å². The molecule has 0 saturated heterocycles. The Labute approximate surface area is 117 Å². The van der Waals surface area contributed by atoms with Gasteiger partial charge in [0.05, 0.1) is 6.54 Å². The zero-order valence-electron chi connectivity index (χ0n) is 12.6. The average molecular weight is 264 g/mol. The zero-order chi connectivity index (χ0) is 13.6. The van der Waals surface area contributed by atoms with Crippen molar-refractivity contribution in [3.63, 3.8) is 0 Å². The molecule has 0 heterocycles. The van der Waals surface area contributed by atoms with Crippen molar-refractivity contribution in [3.8, 4) is 0 Å². The van der Waals surface area contributed by atoms with Crippen molar-refractivity contribution < 1.29 is 4.79 Å². The van der Waals surface area contributed by atoms with Gasteiger partial charge in [-0.1, -0.05) is 0 Å². The Balaban J connectivity index is 1.66. The van der Waals surface area contributed by atoms with Gasteiger partial charge in [-0.25, -0.2) is 0 Å². The largest absolute Gasteiger partial charge is 0.352 e. The summed E-state index contributed by atoms with van der Waals surface area (Å²) < 4.78 is 0. The summed E-state index contributed by atoms with van der Waals surface area (Å²) in [6.07, 6.45) is 8.50. The van der Waals surface area contributed by atoms with E-state index in [-0.39, 0.29) is 5.91 Å². The molecule has 0 unspecified atom stereocenters. The molecule has 19 heavy (non-hydrogen) atoms. The lowest BCUT2D eigenvalue weighted by molar-refractivity contribution is -0.126. The van der Waals surface area contributed by atoms with Gasteiger partial charge in [-0.15, -0.1) is 0 Å². The molecule has 4 saturated carbocycles. The van der Waals surface area contributed by atoms with Gasteiger partial charge >= 0.3 is 0 Å². The topological polar surface area (TPSA) is 32.3 Å². The lowest BCUT2D eigenvalue weighted by atomic mass is 9.48. The van der Waals surface area contributed by atoms with E-state index >= 15 is 0 Å². The number of hydrogen-bond acceptors (Lipinski definition) is 2. The van der Waals surface area contributed by atoms with Gasteiger partial charge in [0.1, 0.15) is 0 Å². The highest BCUT2D eigenvalue weighted by Crippen LogP contribution is 2.61. The third-order valence-corrected chi connectivity index (χ3v) is 5.84. The van der Waals surface area contributed by atoms with Crippen LogP contribution in [0.25, 0.3) is 0 Å². The van der Waals surface area contributed by atoms with Crippen molar-refractivity contribution >= 4 is 5.91 Å². The predicted octanol–water partition coefficient (Wildman–Crippen LogP) is 2.27. The summed E-state index contributed by atoms with van der Waals surface area (Å²) in [5.74, 6) is 3.06. The Morgan fingerprint density at radius 3 is 2.05 bits per heavy atom. The molecule has 0 aromatic heterocycles. The minimum Gasteiger partial charge on any atom is -0.352 e. The monoisotopic (exact) mass is 264 g/mol. The lowest BCUT2D eigenvalue weighted by Gasteiger charge is -2.59. The first-order valence-electron chi connectivity index (χ1n) is 7.91. The molecule has 0 spiro atoms. The summed E-state index contributed by atoms with van der Waals surface area (Å²) in [6.45, 7) is 2.76. The van der Waals surface area contributed by atoms with E-state index in [2.05, 4.69) is 12.2 Å². The Bertz CT molecular complexity index is 328. The number of rotatable bonds is 4. The van der Waals surface area contributed by atoms with Gasteiger partial charge in [-0.2, -0.15) is 0 Å². The summed E-state index contributed by atoms with van der Waals surface area (Å²) in [7, 11) is 3.91. The molecule has 0 aromatic carbocycles.